The number of carbonyl (C=O) groups excluding carboxylic acids is 1. The summed E-state index contributed by atoms with van der Waals surface area (Å²) in [6.45, 7) is 1.26. The van der Waals surface area contributed by atoms with Gasteiger partial charge in [0.05, 0.1) is 23.1 Å². The van der Waals surface area contributed by atoms with Crippen molar-refractivity contribution in [2.24, 2.45) is 7.05 Å². The lowest BCUT2D eigenvalue weighted by Gasteiger charge is -2.16. The topological polar surface area (TPSA) is 71.7 Å². The molecule has 3 aromatic heterocycles. The van der Waals surface area contributed by atoms with Crippen molar-refractivity contribution in [3.63, 3.8) is 0 Å². The van der Waals surface area contributed by atoms with E-state index in [9.17, 15) is 4.79 Å². The van der Waals surface area contributed by atoms with Crippen LogP contribution >= 0.6 is 0 Å². The van der Waals surface area contributed by atoms with Gasteiger partial charge in [0.2, 0.25) is 0 Å². The van der Waals surface area contributed by atoms with Crippen LogP contribution in [0.15, 0.2) is 55.0 Å². The Morgan fingerprint density at radius 3 is 2.88 bits per heavy atom. The van der Waals surface area contributed by atoms with E-state index in [4.69, 9.17) is 0 Å². The van der Waals surface area contributed by atoms with Crippen molar-refractivity contribution in [2.75, 3.05) is 13.6 Å². The summed E-state index contributed by atoms with van der Waals surface area (Å²) in [6, 6.07) is 13.7. The second kappa shape index (κ2) is 6.51. The minimum absolute atomic E-state index is 0.0811. The maximum absolute atomic E-state index is 12.7. The van der Waals surface area contributed by atoms with Gasteiger partial charge < -0.3 is 14.0 Å². The average molecular weight is 348 g/mol. The SMILES string of the molecule is CN(CCn1cnc2ccccc21)C(=O)c1cc(-c2cccn2C)n[nH]1. The molecule has 0 radical (unpaired) electrons. The molecule has 132 valence electrons. The van der Waals surface area contributed by atoms with Crippen LogP contribution in [0.3, 0.4) is 0 Å². The molecule has 7 heteroatoms. The van der Waals surface area contributed by atoms with Gasteiger partial charge in [-0.3, -0.25) is 9.89 Å². The van der Waals surface area contributed by atoms with E-state index < -0.39 is 0 Å². The standard InChI is InChI=1S/C19H20N6O/c1-23-9-5-8-17(23)15-12-16(22-21-15)19(26)24(2)10-11-25-13-20-14-6-3-4-7-18(14)25/h3-9,12-13H,10-11H2,1-2H3,(H,21,22). The van der Waals surface area contributed by atoms with Crippen molar-refractivity contribution >= 4 is 16.9 Å². The van der Waals surface area contributed by atoms with Gasteiger partial charge in [-0.1, -0.05) is 12.1 Å². The molecule has 1 amide bonds. The van der Waals surface area contributed by atoms with E-state index in [-0.39, 0.29) is 5.91 Å². The Morgan fingerprint density at radius 1 is 1.23 bits per heavy atom. The molecule has 0 bridgehead atoms. The zero-order valence-corrected chi connectivity index (χ0v) is 14.8. The van der Waals surface area contributed by atoms with Crippen LogP contribution in [0.5, 0.6) is 0 Å². The molecular formula is C19H20N6O. The number of amides is 1. The van der Waals surface area contributed by atoms with Crippen LogP contribution in [-0.2, 0) is 13.6 Å². The molecule has 0 aliphatic heterocycles. The number of hydrogen-bond donors (Lipinski definition) is 1. The lowest BCUT2D eigenvalue weighted by molar-refractivity contribution is 0.0785. The van der Waals surface area contributed by atoms with Crippen molar-refractivity contribution in [3.05, 3.63) is 60.7 Å². The van der Waals surface area contributed by atoms with Gasteiger partial charge in [-0.05, 0) is 30.3 Å². The first kappa shape index (κ1) is 16.1. The summed E-state index contributed by atoms with van der Waals surface area (Å²) >= 11 is 0. The zero-order valence-electron chi connectivity index (χ0n) is 14.8. The number of carbonyl (C=O) groups is 1. The van der Waals surface area contributed by atoms with Crippen LogP contribution in [0.2, 0.25) is 0 Å². The van der Waals surface area contributed by atoms with Crippen LogP contribution in [0.1, 0.15) is 10.5 Å². The molecule has 3 heterocycles. The predicted molar refractivity (Wildman–Crippen MR) is 99.7 cm³/mol. The molecule has 0 spiro atoms. The third kappa shape index (κ3) is 2.88. The Kier molecular flexibility index (Phi) is 4.04. The first-order valence-corrected chi connectivity index (χ1v) is 8.46. The number of nitrogens with one attached hydrogen (secondary N) is 1. The number of hydrogen-bond acceptors (Lipinski definition) is 3. The molecule has 0 atom stereocenters. The summed E-state index contributed by atoms with van der Waals surface area (Å²) in [4.78, 5) is 18.7. The van der Waals surface area contributed by atoms with Gasteiger partial charge in [0.15, 0.2) is 0 Å². The fourth-order valence-electron chi connectivity index (χ4n) is 3.04. The third-order valence-corrected chi connectivity index (χ3v) is 4.56. The van der Waals surface area contributed by atoms with Gasteiger partial charge in [0.25, 0.3) is 5.91 Å². The summed E-state index contributed by atoms with van der Waals surface area (Å²) in [5, 5.41) is 7.12. The van der Waals surface area contributed by atoms with Crippen LogP contribution in [-0.4, -0.2) is 48.7 Å². The fourth-order valence-corrected chi connectivity index (χ4v) is 3.04. The number of imidazole rings is 1. The average Bonchev–Trinajstić information content (AvgIpc) is 3.38. The minimum atomic E-state index is -0.0811. The normalized spacial score (nSPS) is 11.2. The Balaban J connectivity index is 1.45. The molecule has 0 aliphatic rings. The largest absolute Gasteiger partial charge is 0.349 e. The highest BCUT2D eigenvalue weighted by Crippen LogP contribution is 2.18. The number of nitrogens with zero attached hydrogens (tertiary/aromatic N) is 5. The van der Waals surface area contributed by atoms with E-state index in [1.54, 1.807) is 18.0 Å². The fraction of sp³-hybridized carbons (Fsp3) is 0.211. The number of benzene rings is 1. The quantitative estimate of drug-likeness (QED) is 0.602. The maximum Gasteiger partial charge on any atom is 0.271 e. The molecule has 0 aliphatic carbocycles. The van der Waals surface area contributed by atoms with Crippen molar-refractivity contribution < 1.29 is 4.79 Å². The second-order valence-electron chi connectivity index (χ2n) is 6.32. The van der Waals surface area contributed by atoms with E-state index in [0.29, 0.717) is 18.8 Å². The second-order valence-corrected chi connectivity index (χ2v) is 6.32. The summed E-state index contributed by atoms with van der Waals surface area (Å²) in [7, 11) is 3.75. The number of rotatable bonds is 5. The molecule has 26 heavy (non-hydrogen) atoms. The van der Waals surface area contributed by atoms with Crippen LogP contribution in [0.4, 0.5) is 0 Å². The number of H-pyrrole nitrogens is 1. The van der Waals surface area contributed by atoms with Crippen molar-refractivity contribution in [2.45, 2.75) is 6.54 Å². The molecule has 0 fully saturated rings. The van der Waals surface area contributed by atoms with E-state index >= 15 is 0 Å². The zero-order chi connectivity index (χ0) is 18.1. The van der Waals surface area contributed by atoms with Gasteiger partial charge in [0.1, 0.15) is 11.4 Å². The molecule has 1 N–H and O–H groups in total. The Hall–Kier alpha value is -3.35. The van der Waals surface area contributed by atoms with Crippen LogP contribution in [0, 0.1) is 0 Å². The van der Waals surface area contributed by atoms with Crippen LogP contribution in [0.25, 0.3) is 22.4 Å². The van der Waals surface area contributed by atoms with Gasteiger partial charge in [-0.15, -0.1) is 0 Å². The predicted octanol–water partition coefficient (Wildman–Crippen LogP) is 2.54. The highest BCUT2D eigenvalue weighted by Gasteiger charge is 2.16. The third-order valence-electron chi connectivity index (χ3n) is 4.56. The Labute approximate surface area is 150 Å². The summed E-state index contributed by atoms with van der Waals surface area (Å²) in [5.74, 6) is -0.0811. The number of aromatic nitrogens is 5. The molecule has 0 saturated carbocycles. The number of likely N-dealkylation sites (N-methyl/N-ethyl adjacent to an activating group) is 1. The van der Waals surface area contributed by atoms with Gasteiger partial charge in [0, 0.05) is 33.4 Å². The number of fused-ring (bicyclic) bond motifs is 1. The monoisotopic (exact) mass is 348 g/mol. The molecule has 4 aromatic rings. The lowest BCUT2D eigenvalue weighted by atomic mass is 10.2. The van der Waals surface area contributed by atoms with E-state index in [1.165, 1.54) is 0 Å². The lowest BCUT2D eigenvalue weighted by Crippen LogP contribution is -2.30. The first-order valence-electron chi connectivity index (χ1n) is 8.46. The van der Waals surface area contributed by atoms with E-state index in [2.05, 4.69) is 19.7 Å². The molecule has 0 unspecified atom stereocenters. The number of aromatic amines is 1. The summed E-state index contributed by atoms with van der Waals surface area (Å²) in [6.07, 6.45) is 3.76. The van der Waals surface area contributed by atoms with Crippen molar-refractivity contribution in [3.8, 4) is 11.4 Å². The molecule has 0 saturated heterocycles. The Morgan fingerprint density at radius 2 is 2.08 bits per heavy atom. The van der Waals surface area contributed by atoms with Crippen molar-refractivity contribution in [1.29, 1.82) is 0 Å². The highest BCUT2D eigenvalue weighted by molar-refractivity contribution is 5.93. The molecule has 4 rings (SSSR count). The Bertz CT molecular complexity index is 1060. The van der Waals surface area contributed by atoms with Gasteiger partial charge in [-0.25, -0.2) is 4.98 Å². The van der Waals surface area contributed by atoms with Gasteiger partial charge >= 0.3 is 0 Å². The van der Waals surface area contributed by atoms with E-state index in [1.807, 2.05) is 60.5 Å². The number of para-hydroxylation sites is 2. The summed E-state index contributed by atoms with van der Waals surface area (Å²) in [5.41, 5.74) is 4.24. The van der Waals surface area contributed by atoms with Gasteiger partial charge in [-0.2, -0.15) is 5.10 Å². The van der Waals surface area contributed by atoms with E-state index in [0.717, 1.165) is 22.4 Å². The van der Waals surface area contributed by atoms with Crippen molar-refractivity contribution in [1.82, 2.24) is 29.2 Å². The van der Waals surface area contributed by atoms with Crippen LogP contribution < -0.4 is 0 Å². The molecule has 1 aromatic carbocycles. The molecular weight excluding hydrogens is 328 g/mol. The number of aryl methyl sites for hydroxylation is 1. The summed E-state index contributed by atoms with van der Waals surface area (Å²) < 4.78 is 4.03. The maximum atomic E-state index is 12.7. The molecule has 7 nitrogen and oxygen atoms in total. The minimum Gasteiger partial charge on any atom is -0.349 e. The highest BCUT2D eigenvalue weighted by atomic mass is 16.2. The first-order chi connectivity index (χ1) is 12.6. The smallest absolute Gasteiger partial charge is 0.271 e.